The van der Waals surface area contributed by atoms with E-state index in [-0.39, 0.29) is 10.6 Å². The van der Waals surface area contributed by atoms with Crippen LogP contribution in [0.3, 0.4) is 0 Å². The van der Waals surface area contributed by atoms with Gasteiger partial charge in [-0.1, -0.05) is 12.1 Å². The van der Waals surface area contributed by atoms with Crippen molar-refractivity contribution < 1.29 is 9.13 Å². The molecule has 5 nitrogen and oxygen atoms in total. The fraction of sp³-hybridized carbons (Fsp3) is 0.400. The van der Waals surface area contributed by atoms with Crippen molar-refractivity contribution >= 4 is 17.7 Å². The standard InChI is InChI=1S/C20H27FN4OS/c1-5-22-19(25-14-20(2,3)27-4)24-13-15-9-10-18(23-12-15)26-17-8-6-7-16(21)11-17/h6-12H,5,13-14H2,1-4H3,(H2,22,24,25). The Morgan fingerprint density at radius 3 is 2.70 bits per heavy atom. The van der Waals surface area contributed by atoms with Crippen molar-refractivity contribution in [3.05, 3.63) is 54.0 Å². The van der Waals surface area contributed by atoms with Gasteiger partial charge in [-0.3, -0.25) is 0 Å². The Kier molecular flexibility index (Phi) is 7.91. The summed E-state index contributed by atoms with van der Waals surface area (Å²) < 4.78 is 18.9. The molecule has 0 fully saturated rings. The molecule has 0 unspecified atom stereocenters. The summed E-state index contributed by atoms with van der Waals surface area (Å²) in [4.78, 5) is 8.87. The molecule has 1 heterocycles. The van der Waals surface area contributed by atoms with Gasteiger partial charge in [0.1, 0.15) is 11.6 Å². The number of halogens is 1. The second kappa shape index (κ2) is 10.2. The van der Waals surface area contributed by atoms with E-state index in [1.807, 2.05) is 24.8 Å². The zero-order chi connectivity index (χ0) is 19.7. The first kappa shape index (κ1) is 21.0. The maximum absolute atomic E-state index is 13.2. The van der Waals surface area contributed by atoms with Crippen LogP contribution in [0, 0.1) is 5.82 Å². The van der Waals surface area contributed by atoms with Gasteiger partial charge in [0.05, 0.1) is 6.54 Å². The average Bonchev–Trinajstić information content (AvgIpc) is 2.65. The fourth-order valence-electron chi connectivity index (χ4n) is 2.10. The molecule has 2 N–H and O–H groups in total. The highest BCUT2D eigenvalue weighted by atomic mass is 32.2. The summed E-state index contributed by atoms with van der Waals surface area (Å²) >= 11 is 1.81. The van der Waals surface area contributed by atoms with E-state index in [0.717, 1.165) is 24.6 Å². The molecule has 1 aromatic carbocycles. The summed E-state index contributed by atoms with van der Waals surface area (Å²) in [6.45, 7) is 8.53. The van der Waals surface area contributed by atoms with E-state index in [2.05, 4.69) is 40.7 Å². The zero-order valence-corrected chi connectivity index (χ0v) is 17.1. The molecule has 0 amide bonds. The van der Waals surface area contributed by atoms with E-state index in [0.29, 0.717) is 18.2 Å². The number of hydrogen-bond acceptors (Lipinski definition) is 4. The highest BCUT2D eigenvalue weighted by Crippen LogP contribution is 2.20. The number of hydrogen-bond donors (Lipinski definition) is 2. The number of aliphatic imine (C=N–C) groups is 1. The molecule has 2 aromatic rings. The highest BCUT2D eigenvalue weighted by molar-refractivity contribution is 7.99. The number of pyridine rings is 1. The molecule has 0 radical (unpaired) electrons. The van der Waals surface area contributed by atoms with Crippen molar-refractivity contribution in [3.8, 4) is 11.6 Å². The smallest absolute Gasteiger partial charge is 0.219 e. The Morgan fingerprint density at radius 1 is 1.26 bits per heavy atom. The molecule has 27 heavy (non-hydrogen) atoms. The molecule has 1 aromatic heterocycles. The van der Waals surface area contributed by atoms with Gasteiger partial charge >= 0.3 is 0 Å². The van der Waals surface area contributed by atoms with Gasteiger partial charge in [0.2, 0.25) is 5.88 Å². The first-order valence-electron chi connectivity index (χ1n) is 8.87. The lowest BCUT2D eigenvalue weighted by atomic mass is 10.2. The van der Waals surface area contributed by atoms with Gasteiger partial charge in [0.15, 0.2) is 5.96 Å². The van der Waals surface area contributed by atoms with Gasteiger partial charge in [-0.15, -0.1) is 0 Å². The van der Waals surface area contributed by atoms with Gasteiger partial charge < -0.3 is 15.4 Å². The molecule has 0 aliphatic rings. The van der Waals surface area contributed by atoms with Crippen LogP contribution in [-0.4, -0.2) is 35.0 Å². The monoisotopic (exact) mass is 390 g/mol. The van der Waals surface area contributed by atoms with E-state index in [1.165, 1.54) is 12.1 Å². The van der Waals surface area contributed by atoms with Crippen molar-refractivity contribution in [2.75, 3.05) is 19.3 Å². The highest BCUT2D eigenvalue weighted by Gasteiger charge is 2.16. The predicted octanol–water partition coefficient (Wildman–Crippen LogP) is 4.21. The summed E-state index contributed by atoms with van der Waals surface area (Å²) in [5, 5.41) is 6.62. The number of benzene rings is 1. The van der Waals surface area contributed by atoms with Crippen molar-refractivity contribution in [2.24, 2.45) is 4.99 Å². The molecule has 2 rings (SSSR count). The minimum Gasteiger partial charge on any atom is -0.439 e. The number of aromatic nitrogens is 1. The lowest BCUT2D eigenvalue weighted by Gasteiger charge is -2.23. The Balaban J connectivity index is 1.95. The van der Waals surface area contributed by atoms with Gasteiger partial charge in [-0.2, -0.15) is 11.8 Å². The van der Waals surface area contributed by atoms with E-state index in [9.17, 15) is 4.39 Å². The summed E-state index contributed by atoms with van der Waals surface area (Å²) in [5.74, 6) is 1.27. The van der Waals surface area contributed by atoms with Crippen molar-refractivity contribution in [1.29, 1.82) is 0 Å². The average molecular weight is 391 g/mol. The SMILES string of the molecule is CCNC(=NCc1ccc(Oc2cccc(F)c2)nc1)NCC(C)(C)SC. The van der Waals surface area contributed by atoms with Crippen molar-refractivity contribution in [1.82, 2.24) is 15.6 Å². The Bertz CT molecular complexity index is 750. The van der Waals surface area contributed by atoms with Gasteiger partial charge in [0, 0.05) is 36.2 Å². The lowest BCUT2D eigenvalue weighted by Crippen LogP contribution is -2.43. The van der Waals surface area contributed by atoms with E-state index in [1.54, 1.807) is 24.4 Å². The zero-order valence-electron chi connectivity index (χ0n) is 16.3. The maximum Gasteiger partial charge on any atom is 0.219 e. The Labute approximate surface area is 164 Å². The number of ether oxygens (including phenoxy) is 1. The van der Waals surface area contributed by atoms with Crippen LogP contribution in [0.5, 0.6) is 11.6 Å². The Morgan fingerprint density at radius 2 is 2.07 bits per heavy atom. The molecular weight excluding hydrogens is 363 g/mol. The predicted molar refractivity (Wildman–Crippen MR) is 111 cm³/mol. The van der Waals surface area contributed by atoms with Crippen molar-refractivity contribution in [2.45, 2.75) is 32.1 Å². The number of guanidine groups is 1. The summed E-state index contributed by atoms with van der Waals surface area (Å²) in [6, 6.07) is 9.64. The largest absolute Gasteiger partial charge is 0.439 e. The molecule has 0 saturated carbocycles. The van der Waals surface area contributed by atoms with Crippen LogP contribution >= 0.6 is 11.8 Å². The first-order valence-corrected chi connectivity index (χ1v) is 10.1. The number of rotatable bonds is 8. The second-order valence-electron chi connectivity index (χ2n) is 6.58. The summed E-state index contributed by atoms with van der Waals surface area (Å²) in [7, 11) is 0. The summed E-state index contributed by atoms with van der Waals surface area (Å²) in [5.41, 5.74) is 0.961. The molecular formula is C20H27FN4OS. The lowest BCUT2D eigenvalue weighted by molar-refractivity contribution is 0.457. The van der Waals surface area contributed by atoms with Crippen LogP contribution in [0.1, 0.15) is 26.3 Å². The minimum absolute atomic E-state index is 0.133. The molecule has 0 bridgehead atoms. The molecule has 7 heteroatoms. The summed E-state index contributed by atoms with van der Waals surface area (Å²) in [6.07, 6.45) is 3.82. The van der Waals surface area contributed by atoms with Crippen LogP contribution < -0.4 is 15.4 Å². The molecule has 0 atom stereocenters. The maximum atomic E-state index is 13.2. The first-order chi connectivity index (χ1) is 12.9. The third-order valence-electron chi connectivity index (χ3n) is 3.81. The number of nitrogens with one attached hydrogen (secondary N) is 2. The van der Waals surface area contributed by atoms with Crippen molar-refractivity contribution in [3.63, 3.8) is 0 Å². The van der Waals surface area contributed by atoms with Crippen LogP contribution in [0.2, 0.25) is 0 Å². The van der Waals surface area contributed by atoms with Crippen LogP contribution in [0.4, 0.5) is 4.39 Å². The fourth-order valence-corrected chi connectivity index (χ4v) is 2.31. The normalized spacial score (nSPS) is 12.0. The molecule has 0 aliphatic carbocycles. The van der Waals surface area contributed by atoms with Gasteiger partial charge in [-0.05, 0) is 44.7 Å². The van der Waals surface area contributed by atoms with Crippen LogP contribution in [-0.2, 0) is 6.54 Å². The van der Waals surface area contributed by atoms with Gasteiger partial charge in [0.25, 0.3) is 0 Å². The third kappa shape index (κ3) is 7.46. The molecule has 0 saturated heterocycles. The topological polar surface area (TPSA) is 58.5 Å². The van der Waals surface area contributed by atoms with Gasteiger partial charge in [-0.25, -0.2) is 14.4 Å². The molecule has 0 aliphatic heterocycles. The third-order valence-corrected chi connectivity index (χ3v) is 5.06. The molecule has 146 valence electrons. The van der Waals surface area contributed by atoms with Crippen LogP contribution in [0.25, 0.3) is 0 Å². The quantitative estimate of drug-likeness (QED) is 0.522. The van der Waals surface area contributed by atoms with Crippen LogP contribution in [0.15, 0.2) is 47.6 Å². The minimum atomic E-state index is -0.341. The molecule has 0 spiro atoms. The number of nitrogens with zero attached hydrogens (tertiary/aromatic N) is 2. The van der Waals surface area contributed by atoms with E-state index < -0.39 is 0 Å². The van der Waals surface area contributed by atoms with E-state index >= 15 is 0 Å². The van der Waals surface area contributed by atoms with E-state index in [4.69, 9.17) is 4.74 Å². The number of thioether (sulfide) groups is 1. The Hall–Kier alpha value is -2.28. The second-order valence-corrected chi connectivity index (χ2v) is 8.09.